The van der Waals surface area contributed by atoms with E-state index in [2.05, 4.69) is 9.82 Å². The van der Waals surface area contributed by atoms with Crippen LogP contribution in [0.15, 0.2) is 6.20 Å². The van der Waals surface area contributed by atoms with Crippen molar-refractivity contribution < 1.29 is 18.3 Å². The van der Waals surface area contributed by atoms with E-state index >= 15 is 0 Å². The third-order valence-electron chi connectivity index (χ3n) is 3.86. The number of aliphatic carboxylic acids is 1. The molecule has 0 amide bonds. The second kappa shape index (κ2) is 6.12. The molecule has 1 atom stereocenters. The molecule has 2 N–H and O–H groups in total. The first kappa shape index (κ1) is 15.9. The lowest BCUT2D eigenvalue weighted by molar-refractivity contribution is -0.142. The Labute approximate surface area is 123 Å². The Morgan fingerprint density at radius 1 is 1.57 bits per heavy atom. The Balaban J connectivity index is 2.01. The first-order valence-electron chi connectivity index (χ1n) is 6.76. The van der Waals surface area contributed by atoms with Crippen LogP contribution in [0.25, 0.3) is 0 Å². The highest BCUT2D eigenvalue weighted by Gasteiger charge is 2.32. The molecular weight excluding hydrogens is 296 g/mol. The van der Waals surface area contributed by atoms with E-state index in [-0.39, 0.29) is 13.1 Å². The van der Waals surface area contributed by atoms with Crippen LogP contribution in [0.2, 0.25) is 0 Å². The van der Waals surface area contributed by atoms with Gasteiger partial charge in [0, 0.05) is 37.9 Å². The van der Waals surface area contributed by atoms with Crippen molar-refractivity contribution in [2.24, 2.45) is 13.0 Å². The molecule has 1 aromatic rings. The first-order valence-corrected chi connectivity index (χ1v) is 8.20. The molecule has 0 spiro atoms. The highest BCUT2D eigenvalue weighted by molar-refractivity contribution is 7.87. The number of hydrogen-bond donors (Lipinski definition) is 2. The van der Waals surface area contributed by atoms with Crippen LogP contribution in [0.3, 0.4) is 0 Å². The van der Waals surface area contributed by atoms with Gasteiger partial charge in [0.2, 0.25) is 0 Å². The van der Waals surface area contributed by atoms with Crippen LogP contribution in [-0.4, -0.2) is 46.7 Å². The zero-order valence-electron chi connectivity index (χ0n) is 12.1. The predicted molar refractivity (Wildman–Crippen MR) is 75.6 cm³/mol. The molecule has 1 aliphatic heterocycles. The summed E-state index contributed by atoms with van der Waals surface area (Å²) < 4.78 is 29.9. The molecule has 0 aliphatic carbocycles. The zero-order chi connectivity index (χ0) is 15.6. The smallest absolute Gasteiger partial charge is 0.307 e. The molecule has 0 saturated carbocycles. The summed E-state index contributed by atoms with van der Waals surface area (Å²) in [6, 6.07) is 0. The maximum Gasteiger partial charge on any atom is 0.307 e. The number of carboxylic acids is 1. The van der Waals surface area contributed by atoms with Gasteiger partial charge >= 0.3 is 5.97 Å². The van der Waals surface area contributed by atoms with Crippen LogP contribution in [0, 0.1) is 12.8 Å². The molecule has 9 heteroatoms. The molecular formula is C12H20N4O4S. The quantitative estimate of drug-likeness (QED) is 0.787. The fourth-order valence-corrected chi connectivity index (χ4v) is 3.61. The second-order valence-corrected chi connectivity index (χ2v) is 7.00. The molecule has 1 aromatic heterocycles. The molecule has 1 aliphatic rings. The lowest BCUT2D eigenvalue weighted by Gasteiger charge is -2.29. The van der Waals surface area contributed by atoms with Gasteiger partial charge in [0.1, 0.15) is 0 Å². The van der Waals surface area contributed by atoms with Gasteiger partial charge in [-0.15, -0.1) is 0 Å². The normalized spacial score (nSPS) is 20.6. The van der Waals surface area contributed by atoms with E-state index in [1.807, 2.05) is 6.92 Å². The van der Waals surface area contributed by atoms with Gasteiger partial charge in [0.05, 0.1) is 12.1 Å². The summed E-state index contributed by atoms with van der Waals surface area (Å²) >= 11 is 0. The molecule has 2 heterocycles. The van der Waals surface area contributed by atoms with Gasteiger partial charge in [0.15, 0.2) is 0 Å². The summed E-state index contributed by atoms with van der Waals surface area (Å²) in [5, 5.41) is 13.1. The van der Waals surface area contributed by atoms with Crippen LogP contribution in [0.1, 0.15) is 24.1 Å². The van der Waals surface area contributed by atoms with Crippen molar-refractivity contribution in [2.45, 2.75) is 26.3 Å². The summed E-state index contributed by atoms with van der Waals surface area (Å²) in [5.74, 6) is -1.58. The summed E-state index contributed by atoms with van der Waals surface area (Å²) in [5.41, 5.74) is 1.69. The van der Waals surface area contributed by atoms with Crippen LogP contribution in [0.5, 0.6) is 0 Å². The van der Waals surface area contributed by atoms with Crippen molar-refractivity contribution in [3.8, 4) is 0 Å². The van der Waals surface area contributed by atoms with Gasteiger partial charge in [-0.1, -0.05) is 0 Å². The Bertz CT molecular complexity index is 625. The minimum absolute atomic E-state index is 0.0245. The van der Waals surface area contributed by atoms with Gasteiger partial charge in [-0.2, -0.15) is 22.5 Å². The van der Waals surface area contributed by atoms with E-state index in [0.29, 0.717) is 19.4 Å². The number of nitrogens with zero attached hydrogens (tertiary/aromatic N) is 3. The third kappa shape index (κ3) is 3.60. The Kier molecular flexibility index (Phi) is 4.64. The number of aryl methyl sites for hydroxylation is 1. The maximum atomic E-state index is 12.2. The SMILES string of the molecule is Cc1c(CNS(=O)(=O)N2CCCC(C(=O)O)C2)cnn1C. The van der Waals surface area contributed by atoms with E-state index in [4.69, 9.17) is 5.11 Å². The molecule has 1 fully saturated rings. The molecule has 118 valence electrons. The highest BCUT2D eigenvalue weighted by atomic mass is 32.2. The highest BCUT2D eigenvalue weighted by Crippen LogP contribution is 2.19. The van der Waals surface area contributed by atoms with Crippen molar-refractivity contribution in [3.63, 3.8) is 0 Å². The monoisotopic (exact) mass is 316 g/mol. The molecule has 2 rings (SSSR count). The van der Waals surface area contributed by atoms with Crippen molar-refractivity contribution in [1.29, 1.82) is 0 Å². The number of carbonyl (C=O) groups is 1. The van der Waals surface area contributed by atoms with E-state index in [0.717, 1.165) is 11.3 Å². The average Bonchev–Trinajstić information content (AvgIpc) is 2.77. The minimum Gasteiger partial charge on any atom is -0.481 e. The second-order valence-electron chi connectivity index (χ2n) is 5.24. The van der Waals surface area contributed by atoms with Gasteiger partial charge in [-0.05, 0) is 19.8 Å². The molecule has 0 aromatic carbocycles. The van der Waals surface area contributed by atoms with E-state index in [1.165, 1.54) is 4.31 Å². The van der Waals surface area contributed by atoms with E-state index in [1.54, 1.807) is 17.9 Å². The minimum atomic E-state index is -3.67. The van der Waals surface area contributed by atoms with Crippen molar-refractivity contribution >= 4 is 16.2 Å². The Morgan fingerprint density at radius 3 is 2.86 bits per heavy atom. The molecule has 0 radical (unpaired) electrons. The molecule has 8 nitrogen and oxygen atoms in total. The first-order chi connectivity index (χ1) is 9.81. The van der Waals surface area contributed by atoms with Gasteiger partial charge < -0.3 is 5.11 Å². The lowest BCUT2D eigenvalue weighted by Crippen LogP contribution is -2.47. The van der Waals surface area contributed by atoms with Crippen LogP contribution < -0.4 is 4.72 Å². The lowest BCUT2D eigenvalue weighted by atomic mass is 10.0. The predicted octanol–water partition coefficient (Wildman–Crippen LogP) is -0.140. The number of aromatic nitrogens is 2. The Hall–Kier alpha value is -1.45. The summed E-state index contributed by atoms with van der Waals surface area (Å²) in [6.07, 6.45) is 2.70. The van der Waals surface area contributed by atoms with E-state index < -0.39 is 22.1 Å². The van der Waals surface area contributed by atoms with Crippen LogP contribution >= 0.6 is 0 Å². The largest absolute Gasteiger partial charge is 0.481 e. The topological polar surface area (TPSA) is 105 Å². The summed E-state index contributed by atoms with van der Waals surface area (Å²) in [6.45, 7) is 2.38. The average molecular weight is 316 g/mol. The summed E-state index contributed by atoms with van der Waals surface area (Å²) in [7, 11) is -1.89. The number of piperidine rings is 1. The van der Waals surface area contributed by atoms with Gasteiger partial charge in [0.25, 0.3) is 10.2 Å². The fourth-order valence-electron chi connectivity index (χ4n) is 2.34. The molecule has 1 unspecified atom stereocenters. The number of carboxylic acid groups (broad SMARTS) is 1. The molecule has 21 heavy (non-hydrogen) atoms. The van der Waals surface area contributed by atoms with Gasteiger partial charge in [-0.25, -0.2) is 0 Å². The number of nitrogens with one attached hydrogen (secondary N) is 1. The summed E-state index contributed by atoms with van der Waals surface area (Å²) in [4.78, 5) is 11.0. The van der Waals surface area contributed by atoms with Crippen LogP contribution in [0.4, 0.5) is 0 Å². The van der Waals surface area contributed by atoms with E-state index in [9.17, 15) is 13.2 Å². The maximum absolute atomic E-state index is 12.2. The Morgan fingerprint density at radius 2 is 2.29 bits per heavy atom. The molecule has 0 bridgehead atoms. The number of hydrogen-bond acceptors (Lipinski definition) is 4. The fraction of sp³-hybridized carbons (Fsp3) is 0.667. The molecule has 1 saturated heterocycles. The van der Waals surface area contributed by atoms with Crippen LogP contribution in [-0.2, 0) is 28.6 Å². The zero-order valence-corrected chi connectivity index (χ0v) is 12.9. The van der Waals surface area contributed by atoms with Crippen molar-refractivity contribution in [1.82, 2.24) is 18.8 Å². The van der Waals surface area contributed by atoms with Crippen molar-refractivity contribution in [3.05, 3.63) is 17.5 Å². The standard InChI is InChI=1S/C12H20N4O4S/c1-9-11(6-13-15(9)2)7-14-21(19,20)16-5-3-4-10(8-16)12(17)18/h6,10,14H,3-5,7-8H2,1-2H3,(H,17,18). The number of rotatable bonds is 5. The third-order valence-corrected chi connectivity index (χ3v) is 5.38. The van der Waals surface area contributed by atoms with Gasteiger partial charge in [-0.3, -0.25) is 9.48 Å². The van der Waals surface area contributed by atoms with Crippen molar-refractivity contribution in [2.75, 3.05) is 13.1 Å².